The molecule has 0 saturated carbocycles. The number of allylic oxidation sites excluding steroid dienone is 1. The van der Waals surface area contributed by atoms with Crippen LogP contribution in [0.3, 0.4) is 0 Å². The molecule has 0 rings (SSSR count). The van der Waals surface area contributed by atoms with Crippen LogP contribution in [0.15, 0.2) is 11.6 Å². The number of rotatable bonds is 3. The fourth-order valence-electron chi connectivity index (χ4n) is 0.400. The van der Waals surface area contributed by atoms with Crippen LogP contribution in [0.4, 0.5) is 4.79 Å². The third-order valence-corrected chi connectivity index (χ3v) is 1.20. The molecule has 0 atom stereocenters. The molecule has 0 spiro atoms. The molecule has 1 N–H and O–H groups in total. The van der Waals surface area contributed by atoms with Gasteiger partial charge in [-0.3, -0.25) is 0 Å². The maximum absolute atomic E-state index is 9.82. The molecule has 0 aromatic carbocycles. The van der Waals surface area contributed by atoms with E-state index in [1.165, 1.54) is 0 Å². The lowest BCUT2D eigenvalue weighted by Gasteiger charge is -1.95. The summed E-state index contributed by atoms with van der Waals surface area (Å²) in [7, 11) is 0. The van der Waals surface area contributed by atoms with Crippen molar-refractivity contribution in [2.45, 2.75) is 20.3 Å². The highest BCUT2D eigenvalue weighted by Crippen LogP contribution is 1.96. The van der Waals surface area contributed by atoms with Crippen molar-refractivity contribution in [1.82, 2.24) is 0 Å². The predicted octanol–water partition coefficient (Wildman–Crippen LogP) is 2.04. The highest BCUT2D eigenvalue weighted by atomic mass is 16.7. The molecule has 0 amide bonds. The second-order valence-electron chi connectivity index (χ2n) is 1.98. The fraction of sp³-hybridized carbons (Fsp3) is 0.571. The first kappa shape index (κ1) is 9.01. The lowest BCUT2D eigenvalue weighted by atomic mass is 10.2. The molecule has 0 aromatic rings. The molecule has 0 aromatic heterocycles. The van der Waals surface area contributed by atoms with E-state index in [-0.39, 0.29) is 6.61 Å². The van der Waals surface area contributed by atoms with Gasteiger partial charge in [-0.2, -0.15) is 0 Å². The molecule has 58 valence electrons. The van der Waals surface area contributed by atoms with Gasteiger partial charge in [-0.15, -0.1) is 0 Å². The maximum atomic E-state index is 9.82. The van der Waals surface area contributed by atoms with E-state index in [0.717, 1.165) is 12.0 Å². The Morgan fingerprint density at radius 3 is 2.70 bits per heavy atom. The van der Waals surface area contributed by atoms with Crippen LogP contribution >= 0.6 is 0 Å². The van der Waals surface area contributed by atoms with E-state index in [4.69, 9.17) is 5.11 Å². The molecule has 0 radical (unpaired) electrons. The Kier molecular flexibility index (Phi) is 4.37. The number of carbonyl (C=O) groups is 1. The van der Waals surface area contributed by atoms with E-state index in [9.17, 15) is 4.79 Å². The fourth-order valence-corrected chi connectivity index (χ4v) is 0.400. The van der Waals surface area contributed by atoms with Gasteiger partial charge in [-0.1, -0.05) is 12.5 Å². The second-order valence-corrected chi connectivity index (χ2v) is 1.98. The van der Waals surface area contributed by atoms with Gasteiger partial charge in [0.25, 0.3) is 0 Å². The molecule has 3 heteroatoms. The van der Waals surface area contributed by atoms with E-state index in [0.29, 0.717) is 0 Å². The zero-order valence-electron chi connectivity index (χ0n) is 6.26. The van der Waals surface area contributed by atoms with Gasteiger partial charge in [-0.25, -0.2) is 4.79 Å². The normalized spacial score (nSPS) is 11.2. The number of ether oxygens (including phenoxy) is 1. The van der Waals surface area contributed by atoms with Gasteiger partial charge < -0.3 is 9.84 Å². The minimum absolute atomic E-state index is 0.162. The highest BCUT2D eigenvalue weighted by molar-refractivity contribution is 5.56. The minimum atomic E-state index is -1.22. The van der Waals surface area contributed by atoms with Crippen LogP contribution in [-0.4, -0.2) is 17.9 Å². The summed E-state index contributed by atoms with van der Waals surface area (Å²) in [5.41, 5.74) is 1.14. The molecule has 0 aliphatic carbocycles. The summed E-state index contributed by atoms with van der Waals surface area (Å²) < 4.78 is 4.25. The Hall–Kier alpha value is -0.990. The van der Waals surface area contributed by atoms with Gasteiger partial charge >= 0.3 is 6.16 Å². The van der Waals surface area contributed by atoms with Crippen molar-refractivity contribution in [3.63, 3.8) is 0 Å². The molecule has 0 fully saturated rings. The first-order valence-corrected chi connectivity index (χ1v) is 3.18. The van der Waals surface area contributed by atoms with Crippen LogP contribution in [0.25, 0.3) is 0 Å². The van der Waals surface area contributed by atoms with Crippen molar-refractivity contribution in [2.24, 2.45) is 0 Å². The van der Waals surface area contributed by atoms with Crippen molar-refractivity contribution in [1.29, 1.82) is 0 Å². The van der Waals surface area contributed by atoms with Gasteiger partial charge in [0.1, 0.15) is 6.61 Å². The Morgan fingerprint density at radius 1 is 1.70 bits per heavy atom. The zero-order valence-corrected chi connectivity index (χ0v) is 6.26. The van der Waals surface area contributed by atoms with Gasteiger partial charge in [0.2, 0.25) is 0 Å². The molecule has 0 saturated heterocycles. The SMILES string of the molecule is CC/C(C)=C/COC(=O)O. The summed E-state index contributed by atoms with van der Waals surface area (Å²) in [6.07, 6.45) is 1.47. The molecule has 0 heterocycles. The van der Waals surface area contributed by atoms with Crippen molar-refractivity contribution in [3.05, 3.63) is 11.6 Å². The third-order valence-electron chi connectivity index (χ3n) is 1.20. The maximum Gasteiger partial charge on any atom is 0.506 e. The molecule has 10 heavy (non-hydrogen) atoms. The molecule has 0 bridgehead atoms. The summed E-state index contributed by atoms with van der Waals surface area (Å²) in [4.78, 5) is 9.82. The smallest absolute Gasteiger partial charge is 0.450 e. The Bertz CT molecular complexity index is 138. The van der Waals surface area contributed by atoms with Gasteiger partial charge in [0, 0.05) is 0 Å². The van der Waals surface area contributed by atoms with Crippen molar-refractivity contribution in [3.8, 4) is 0 Å². The Labute approximate surface area is 60.3 Å². The van der Waals surface area contributed by atoms with Gasteiger partial charge in [0.15, 0.2) is 0 Å². The minimum Gasteiger partial charge on any atom is -0.450 e. The second kappa shape index (κ2) is 4.85. The molecular formula is C7H12O3. The number of carboxylic acid groups (broad SMARTS) is 1. The van der Waals surface area contributed by atoms with Crippen LogP contribution in [0.5, 0.6) is 0 Å². The van der Waals surface area contributed by atoms with Crippen LogP contribution in [-0.2, 0) is 4.74 Å². The van der Waals surface area contributed by atoms with E-state index in [1.54, 1.807) is 6.08 Å². The van der Waals surface area contributed by atoms with Crippen LogP contribution in [0, 0.1) is 0 Å². The topological polar surface area (TPSA) is 46.5 Å². The van der Waals surface area contributed by atoms with E-state index in [1.807, 2.05) is 13.8 Å². The number of hydrogen-bond acceptors (Lipinski definition) is 2. The molecule has 3 nitrogen and oxygen atoms in total. The standard InChI is InChI=1S/C7H12O3/c1-3-6(2)4-5-10-7(8)9/h4H,3,5H2,1-2H3,(H,8,9)/b6-4+. The summed E-state index contributed by atoms with van der Waals surface area (Å²) in [6.45, 7) is 4.10. The van der Waals surface area contributed by atoms with Crippen molar-refractivity contribution >= 4 is 6.16 Å². The molecular weight excluding hydrogens is 132 g/mol. The van der Waals surface area contributed by atoms with E-state index >= 15 is 0 Å². The lowest BCUT2D eigenvalue weighted by Crippen LogP contribution is -1.99. The monoisotopic (exact) mass is 144 g/mol. The predicted molar refractivity (Wildman–Crippen MR) is 38.0 cm³/mol. The van der Waals surface area contributed by atoms with E-state index < -0.39 is 6.16 Å². The lowest BCUT2D eigenvalue weighted by molar-refractivity contribution is 0.102. The Balaban J connectivity index is 3.43. The highest BCUT2D eigenvalue weighted by Gasteiger charge is 1.91. The largest absolute Gasteiger partial charge is 0.506 e. The summed E-state index contributed by atoms with van der Waals surface area (Å²) in [5, 5.41) is 8.05. The van der Waals surface area contributed by atoms with Crippen molar-refractivity contribution < 1.29 is 14.6 Å². The van der Waals surface area contributed by atoms with Crippen LogP contribution < -0.4 is 0 Å². The van der Waals surface area contributed by atoms with E-state index in [2.05, 4.69) is 4.74 Å². The first-order valence-electron chi connectivity index (χ1n) is 3.18. The van der Waals surface area contributed by atoms with Gasteiger partial charge in [0.05, 0.1) is 0 Å². The van der Waals surface area contributed by atoms with Gasteiger partial charge in [-0.05, 0) is 19.4 Å². The zero-order chi connectivity index (χ0) is 7.98. The average Bonchev–Trinajstić information content (AvgIpc) is 1.87. The van der Waals surface area contributed by atoms with Crippen molar-refractivity contribution in [2.75, 3.05) is 6.61 Å². The van der Waals surface area contributed by atoms with Crippen LogP contribution in [0.1, 0.15) is 20.3 Å². The first-order chi connectivity index (χ1) is 4.66. The summed E-state index contributed by atoms with van der Waals surface area (Å²) >= 11 is 0. The molecule has 0 aliphatic heterocycles. The Morgan fingerprint density at radius 2 is 2.30 bits per heavy atom. The summed E-state index contributed by atoms with van der Waals surface area (Å²) in [6, 6.07) is 0. The quantitative estimate of drug-likeness (QED) is 0.487. The molecule has 0 unspecified atom stereocenters. The molecule has 0 aliphatic rings. The number of hydrogen-bond donors (Lipinski definition) is 1. The average molecular weight is 144 g/mol. The summed E-state index contributed by atoms with van der Waals surface area (Å²) in [5.74, 6) is 0. The van der Waals surface area contributed by atoms with Crippen LogP contribution in [0.2, 0.25) is 0 Å². The third kappa shape index (κ3) is 5.15.